The predicted octanol–water partition coefficient (Wildman–Crippen LogP) is 5.02. The Hall–Kier alpha value is -3.77. The van der Waals surface area contributed by atoms with Gasteiger partial charge in [0.05, 0.1) is 19.0 Å². The lowest BCUT2D eigenvalue weighted by Crippen LogP contribution is -2.32. The first-order valence-electron chi connectivity index (χ1n) is 12.6. The van der Waals surface area contributed by atoms with Crippen molar-refractivity contribution in [2.24, 2.45) is 5.41 Å². The van der Waals surface area contributed by atoms with Gasteiger partial charge in [-0.15, -0.1) is 0 Å². The van der Waals surface area contributed by atoms with Crippen molar-refractivity contribution in [3.63, 3.8) is 0 Å². The molecule has 4 heterocycles. The Morgan fingerprint density at radius 1 is 1.19 bits per heavy atom. The number of aryl methyl sites for hydroxylation is 2. The molecular weight excluding hydrogens is 482 g/mol. The summed E-state index contributed by atoms with van der Waals surface area (Å²) in [5.74, 6) is 2.48. The number of nitriles is 1. The Bertz CT molecular complexity index is 1570. The number of hydrogen-bond acceptors (Lipinski definition) is 9. The third-order valence-corrected chi connectivity index (χ3v) is 8.07. The fourth-order valence-electron chi connectivity index (χ4n) is 5.45. The molecule has 0 amide bonds. The van der Waals surface area contributed by atoms with Gasteiger partial charge in [0.15, 0.2) is 5.13 Å². The van der Waals surface area contributed by atoms with Crippen LogP contribution in [0.25, 0.3) is 21.5 Å². The van der Waals surface area contributed by atoms with Crippen molar-refractivity contribution >= 4 is 32.6 Å². The van der Waals surface area contributed by atoms with Gasteiger partial charge in [0.2, 0.25) is 0 Å². The smallest absolute Gasteiger partial charge is 0.182 e. The van der Waals surface area contributed by atoms with Gasteiger partial charge in [0.25, 0.3) is 0 Å². The zero-order valence-corrected chi connectivity index (χ0v) is 22.2. The molecule has 2 N–H and O–H groups in total. The summed E-state index contributed by atoms with van der Waals surface area (Å²) in [6.07, 6.45) is 5.02. The highest BCUT2D eigenvalue weighted by Crippen LogP contribution is 2.40. The Labute approximate surface area is 220 Å². The van der Waals surface area contributed by atoms with Crippen LogP contribution in [-0.2, 0) is 25.8 Å². The van der Waals surface area contributed by atoms with Crippen molar-refractivity contribution in [2.75, 3.05) is 23.8 Å². The van der Waals surface area contributed by atoms with Crippen LogP contribution in [0.2, 0.25) is 0 Å². The number of nitrogens with two attached hydrogens (primary N) is 1. The zero-order chi connectivity index (χ0) is 25.7. The van der Waals surface area contributed by atoms with Crippen LogP contribution in [-0.4, -0.2) is 33.1 Å². The first-order chi connectivity index (χ1) is 17.8. The van der Waals surface area contributed by atoms with Crippen LogP contribution in [0.1, 0.15) is 48.5 Å². The second kappa shape index (κ2) is 8.96. The third-order valence-electron chi connectivity index (χ3n) is 7.27. The monoisotopic (exact) mass is 511 g/mol. The van der Waals surface area contributed by atoms with E-state index in [1.165, 1.54) is 16.9 Å². The van der Waals surface area contributed by atoms with E-state index in [9.17, 15) is 5.26 Å². The number of pyridine rings is 1. The first-order valence-corrected chi connectivity index (χ1v) is 13.4. The molecule has 8 nitrogen and oxygen atoms in total. The van der Waals surface area contributed by atoms with E-state index in [2.05, 4.69) is 53.8 Å². The second-order valence-electron chi connectivity index (χ2n) is 10.7. The standard InChI is InChI=1S/C28H29N7OS/c1-16-10-17(18-12-22-26(31-14-18)37-27(30)33-22)11-19-15-35(8-9-36-24(16)19)25-20-13-28(2,3)6-4-21(20)32-23(34-25)5-7-29/h10-12,14H,4-6,8-9,13,15H2,1-3H3,(H2,30,33). The van der Waals surface area contributed by atoms with Crippen molar-refractivity contribution in [1.29, 1.82) is 5.26 Å². The van der Waals surface area contributed by atoms with Gasteiger partial charge < -0.3 is 15.4 Å². The van der Waals surface area contributed by atoms with E-state index in [0.29, 0.717) is 30.7 Å². The van der Waals surface area contributed by atoms with Crippen molar-refractivity contribution in [3.8, 4) is 22.9 Å². The van der Waals surface area contributed by atoms with E-state index in [0.717, 1.165) is 69.1 Å². The van der Waals surface area contributed by atoms with Gasteiger partial charge in [0.1, 0.15) is 34.3 Å². The van der Waals surface area contributed by atoms with Gasteiger partial charge in [-0.25, -0.2) is 19.9 Å². The molecule has 3 aromatic heterocycles. The van der Waals surface area contributed by atoms with Crippen LogP contribution in [0.15, 0.2) is 24.4 Å². The number of ether oxygens (including phenoxy) is 1. The fraction of sp³-hybridized carbons (Fsp3) is 0.393. The molecule has 4 aromatic rings. The van der Waals surface area contributed by atoms with E-state index < -0.39 is 0 Å². The van der Waals surface area contributed by atoms with Crippen LogP contribution in [0.5, 0.6) is 5.75 Å². The number of anilines is 2. The maximum Gasteiger partial charge on any atom is 0.182 e. The first kappa shape index (κ1) is 23.6. The molecule has 1 aliphatic heterocycles. The second-order valence-corrected chi connectivity index (χ2v) is 11.7. The lowest BCUT2D eigenvalue weighted by atomic mass is 9.76. The van der Waals surface area contributed by atoms with Gasteiger partial charge in [-0.1, -0.05) is 25.2 Å². The molecule has 6 rings (SSSR count). The highest BCUT2D eigenvalue weighted by molar-refractivity contribution is 7.21. The van der Waals surface area contributed by atoms with Crippen LogP contribution >= 0.6 is 11.3 Å². The van der Waals surface area contributed by atoms with Gasteiger partial charge in [0, 0.05) is 35.1 Å². The Balaban J connectivity index is 1.42. The minimum atomic E-state index is 0.191. The summed E-state index contributed by atoms with van der Waals surface area (Å²) in [4.78, 5) is 21.8. The number of aromatic nitrogens is 4. The summed E-state index contributed by atoms with van der Waals surface area (Å²) in [6.45, 7) is 8.64. The van der Waals surface area contributed by atoms with Crippen molar-refractivity contribution in [1.82, 2.24) is 19.9 Å². The molecule has 1 aliphatic carbocycles. The summed E-state index contributed by atoms with van der Waals surface area (Å²) >= 11 is 1.39. The molecule has 0 bridgehead atoms. The molecule has 9 heteroatoms. The molecule has 0 fully saturated rings. The number of rotatable bonds is 3. The summed E-state index contributed by atoms with van der Waals surface area (Å²) in [6, 6.07) is 8.60. The highest BCUT2D eigenvalue weighted by Gasteiger charge is 2.32. The minimum Gasteiger partial charge on any atom is -0.491 e. The molecule has 188 valence electrons. The molecule has 1 aromatic carbocycles. The van der Waals surface area contributed by atoms with Crippen LogP contribution < -0.4 is 15.4 Å². The lowest BCUT2D eigenvalue weighted by molar-refractivity contribution is 0.310. The topological polar surface area (TPSA) is 114 Å². The van der Waals surface area contributed by atoms with E-state index in [4.69, 9.17) is 20.4 Å². The van der Waals surface area contributed by atoms with Gasteiger partial charge in [-0.05, 0) is 60.9 Å². The van der Waals surface area contributed by atoms with E-state index in [-0.39, 0.29) is 11.8 Å². The number of benzene rings is 1. The summed E-state index contributed by atoms with van der Waals surface area (Å²) in [5, 5.41) is 9.86. The molecule has 0 radical (unpaired) electrons. The minimum absolute atomic E-state index is 0.191. The fourth-order valence-corrected chi connectivity index (χ4v) is 6.11. The van der Waals surface area contributed by atoms with Crippen LogP contribution in [0.3, 0.4) is 0 Å². The van der Waals surface area contributed by atoms with Crippen molar-refractivity contribution in [2.45, 2.75) is 53.0 Å². The predicted molar refractivity (Wildman–Crippen MR) is 146 cm³/mol. The Morgan fingerprint density at radius 2 is 2.05 bits per heavy atom. The zero-order valence-electron chi connectivity index (χ0n) is 21.3. The Kier molecular flexibility index (Phi) is 5.72. The number of hydrogen-bond donors (Lipinski definition) is 1. The molecule has 2 aliphatic rings. The van der Waals surface area contributed by atoms with Gasteiger partial charge in [-0.2, -0.15) is 5.26 Å². The molecule has 0 unspecified atom stereocenters. The number of nitrogens with zero attached hydrogens (tertiary/aromatic N) is 6. The van der Waals surface area contributed by atoms with E-state index in [1.54, 1.807) is 0 Å². The van der Waals surface area contributed by atoms with Crippen molar-refractivity contribution < 1.29 is 4.74 Å². The quantitative estimate of drug-likeness (QED) is 0.408. The molecular formula is C28H29N7OS. The van der Waals surface area contributed by atoms with E-state index >= 15 is 0 Å². The van der Waals surface area contributed by atoms with Crippen LogP contribution in [0.4, 0.5) is 10.9 Å². The number of fused-ring (bicyclic) bond motifs is 3. The Morgan fingerprint density at radius 3 is 2.89 bits per heavy atom. The summed E-state index contributed by atoms with van der Waals surface area (Å²) in [5.41, 5.74) is 13.5. The molecule has 0 atom stereocenters. The normalized spacial score (nSPS) is 16.4. The molecule has 0 saturated heterocycles. The molecule has 0 saturated carbocycles. The van der Waals surface area contributed by atoms with Gasteiger partial charge >= 0.3 is 0 Å². The SMILES string of the molecule is Cc1cc(-c2cnc3sc(N)nc3c2)cc2c1OCCN(c1nc(CC#N)nc3c1CC(C)(C)CC3)C2. The third kappa shape index (κ3) is 4.46. The largest absolute Gasteiger partial charge is 0.491 e. The number of thiazole rings is 1. The van der Waals surface area contributed by atoms with Crippen LogP contribution in [0, 0.1) is 23.7 Å². The summed E-state index contributed by atoms with van der Waals surface area (Å²) in [7, 11) is 0. The average molecular weight is 512 g/mol. The summed E-state index contributed by atoms with van der Waals surface area (Å²) < 4.78 is 6.28. The maximum absolute atomic E-state index is 9.34. The number of nitrogen functional groups attached to an aromatic ring is 1. The highest BCUT2D eigenvalue weighted by atomic mass is 32.1. The molecule has 37 heavy (non-hydrogen) atoms. The molecule has 0 spiro atoms. The lowest BCUT2D eigenvalue weighted by Gasteiger charge is -2.34. The maximum atomic E-state index is 9.34. The average Bonchev–Trinajstić information content (AvgIpc) is 3.09. The van der Waals surface area contributed by atoms with Gasteiger partial charge in [-0.3, -0.25) is 0 Å². The van der Waals surface area contributed by atoms with Crippen molar-refractivity contribution in [3.05, 3.63) is 52.6 Å². The van der Waals surface area contributed by atoms with E-state index in [1.807, 2.05) is 12.3 Å².